The lowest BCUT2D eigenvalue weighted by Crippen LogP contribution is -2.36. The highest BCUT2D eigenvalue weighted by atomic mass is 32.2. The molecule has 0 radical (unpaired) electrons. The molecule has 1 aromatic carbocycles. The molecule has 2 aromatic rings. The van der Waals surface area contributed by atoms with Gasteiger partial charge >= 0.3 is 0 Å². The van der Waals surface area contributed by atoms with Crippen molar-refractivity contribution < 1.29 is 19.1 Å². The van der Waals surface area contributed by atoms with Crippen LogP contribution in [0.4, 0.5) is 5.69 Å². The summed E-state index contributed by atoms with van der Waals surface area (Å²) in [5, 5.41) is 5.99. The molecule has 1 aromatic heterocycles. The molecule has 2 N–H and O–H groups in total. The number of thiazole rings is 1. The largest absolute Gasteiger partial charge is 0.381 e. The van der Waals surface area contributed by atoms with Crippen LogP contribution in [-0.2, 0) is 19.1 Å². The van der Waals surface area contributed by atoms with Crippen LogP contribution in [0.2, 0.25) is 0 Å². The number of amides is 2. The van der Waals surface area contributed by atoms with E-state index in [2.05, 4.69) is 15.6 Å². The Hall–Kier alpha value is -1.68. The van der Waals surface area contributed by atoms with Crippen molar-refractivity contribution in [2.75, 3.05) is 37.5 Å². The Bertz CT molecular complexity index is 845. The minimum Gasteiger partial charge on any atom is -0.381 e. The lowest BCUT2D eigenvalue weighted by Gasteiger charge is -2.21. The van der Waals surface area contributed by atoms with Crippen LogP contribution in [0.25, 0.3) is 10.2 Å². The lowest BCUT2D eigenvalue weighted by atomic mass is 9.99. The summed E-state index contributed by atoms with van der Waals surface area (Å²) in [5.41, 5.74) is 1.66. The minimum atomic E-state index is 0.00386. The molecule has 3 heterocycles. The van der Waals surface area contributed by atoms with Crippen molar-refractivity contribution in [1.29, 1.82) is 0 Å². The molecule has 2 aliphatic rings. The van der Waals surface area contributed by atoms with Gasteiger partial charge in [-0.25, -0.2) is 4.98 Å². The van der Waals surface area contributed by atoms with Crippen LogP contribution < -0.4 is 10.6 Å². The molecular formula is C19H23N3O4S2. The van der Waals surface area contributed by atoms with Gasteiger partial charge in [-0.15, -0.1) is 11.3 Å². The standard InChI is InChI=1S/C19H23N3O4S2/c23-17(20-14-5-8-26-10-14)11-27-19-22-15-2-1-13(9-16(15)28-19)21-18(24)12-3-6-25-7-4-12/h1-2,9,12,14H,3-8,10-11H2,(H,20,23)(H,21,24). The maximum atomic E-state index is 12.4. The van der Waals surface area contributed by atoms with Crippen LogP contribution in [0.15, 0.2) is 22.5 Å². The molecule has 9 heteroatoms. The summed E-state index contributed by atoms with van der Waals surface area (Å²) in [4.78, 5) is 29.0. The second-order valence-electron chi connectivity index (χ2n) is 6.95. The van der Waals surface area contributed by atoms with E-state index in [0.717, 1.165) is 39.5 Å². The van der Waals surface area contributed by atoms with E-state index in [9.17, 15) is 9.59 Å². The number of ether oxygens (including phenoxy) is 2. The van der Waals surface area contributed by atoms with Crippen molar-refractivity contribution in [1.82, 2.24) is 10.3 Å². The van der Waals surface area contributed by atoms with Crippen LogP contribution >= 0.6 is 23.1 Å². The Morgan fingerprint density at radius 3 is 2.79 bits per heavy atom. The van der Waals surface area contributed by atoms with Gasteiger partial charge in [0.1, 0.15) is 0 Å². The second-order valence-corrected chi connectivity index (χ2v) is 9.21. The number of aromatic nitrogens is 1. The Morgan fingerprint density at radius 2 is 2.00 bits per heavy atom. The summed E-state index contributed by atoms with van der Waals surface area (Å²) in [6.45, 7) is 2.60. The predicted octanol–water partition coefficient (Wildman–Crippen LogP) is 2.66. The zero-order valence-electron chi connectivity index (χ0n) is 15.4. The van der Waals surface area contributed by atoms with Gasteiger partial charge in [0.25, 0.3) is 0 Å². The quantitative estimate of drug-likeness (QED) is 0.697. The SMILES string of the molecule is O=C(CSc1nc2ccc(NC(=O)C3CCOCC3)cc2s1)NC1CCOC1. The molecule has 0 saturated carbocycles. The number of fused-ring (bicyclic) bond motifs is 1. The molecule has 150 valence electrons. The predicted molar refractivity (Wildman–Crippen MR) is 110 cm³/mol. The van der Waals surface area contributed by atoms with Crippen LogP contribution in [-0.4, -0.2) is 55.0 Å². The fraction of sp³-hybridized carbons (Fsp3) is 0.526. The number of carbonyl (C=O) groups is 2. The molecule has 0 bridgehead atoms. The van der Waals surface area contributed by atoms with Gasteiger partial charge in [-0.05, 0) is 37.5 Å². The third-order valence-electron chi connectivity index (χ3n) is 4.85. The zero-order valence-corrected chi connectivity index (χ0v) is 17.1. The van der Waals surface area contributed by atoms with Gasteiger partial charge in [-0.1, -0.05) is 11.8 Å². The molecule has 1 unspecified atom stereocenters. The molecule has 2 amide bonds. The van der Waals surface area contributed by atoms with Gasteiger partial charge in [0.2, 0.25) is 11.8 Å². The van der Waals surface area contributed by atoms with Crippen LogP contribution in [0.1, 0.15) is 19.3 Å². The Kier molecular flexibility index (Phi) is 6.46. The van der Waals surface area contributed by atoms with Crippen molar-refractivity contribution >= 4 is 50.8 Å². The summed E-state index contributed by atoms with van der Waals surface area (Å²) in [6, 6.07) is 5.86. The molecule has 0 aliphatic carbocycles. The zero-order chi connectivity index (χ0) is 19.3. The van der Waals surface area contributed by atoms with E-state index in [1.165, 1.54) is 23.1 Å². The van der Waals surface area contributed by atoms with E-state index in [0.29, 0.717) is 32.2 Å². The number of hydrogen-bond acceptors (Lipinski definition) is 7. The first kappa shape index (κ1) is 19.6. The Labute approximate surface area is 171 Å². The van der Waals surface area contributed by atoms with Gasteiger partial charge < -0.3 is 20.1 Å². The van der Waals surface area contributed by atoms with Gasteiger partial charge in [-0.2, -0.15) is 0 Å². The maximum absolute atomic E-state index is 12.4. The normalized spacial score (nSPS) is 20.4. The van der Waals surface area contributed by atoms with Crippen molar-refractivity contribution in [3.63, 3.8) is 0 Å². The van der Waals surface area contributed by atoms with E-state index in [-0.39, 0.29) is 23.8 Å². The van der Waals surface area contributed by atoms with Crippen molar-refractivity contribution in [2.24, 2.45) is 5.92 Å². The summed E-state index contributed by atoms with van der Waals surface area (Å²) in [6.07, 6.45) is 2.41. The van der Waals surface area contributed by atoms with E-state index in [4.69, 9.17) is 9.47 Å². The number of nitrogens with one attached hydrogen (secondary N) is 2. The van der Waals surface area contributed by atoms with E-state index >= 15 is 0 Å². The molecule has 0 spiro atoms. The molecule has 4 rings (SSSR count). The summed E-state index contributed by atoms with van der Waals surface area (Å²) in [7, 11) is 0. The smallest absolute Gasteiger partial charge is 0.230 e. The molecule has 2 saturated heterocycles. The van der Waals surface area contributed by atoms with E-state index in [1.807, 2.05) is 18.2 Å². The maximum Gasteiger partial charge on any atom is 0.230 e. The van der Waals surface area contributed by atoms with Crippen molar-refractivity contribution in [2.45, 2.75) is 29.6 Å². The van der Waals surface area contributed by atoms with Gasteiger partial charge in [0.05, 0.1) is 28.6 Å². The average Bonchev–Trinajstić information content (AvgIpc) is 3.36. The monoisotopic (exact) mass is 421 g/mol. The number of hydrogen-bond donors (Lipinski definition) is 2. The highest BCUT2D eigenvalue weighted by molar-refractivity contribution is 8.01. The fourth-order valence-corrected chi connectivity index (χ4v) is 5.21. The van der Waals surface area contributed by atoms with Crippen LogP contribution in [0.3, 0.4) is 0 Å². The molecule has 2 aliphatic heterocycles. The first-order valence-corrected chi connectivity index (χ1v) is 11.3. The lowest BCUT2D eigenvalue weighted by molar-refractivity contribution is -0.122. The molecule has 1 atom stereocenters. The minimum absolute atomic E-state index is 0.00386. The van der Waals surface area contributed by atoms with Gasteiger partial charge in [0.15, 0.2) is 4.34 Å². The number of nitrogens with zero attached hydrogens (tertiary/aromatic N) is 1. The first-order chi connectivity index (χ1) is 13.7. The number of anilines is 1. The fourth-order valence-electron chi connectivity index (χ4n) is 3.29. The van der Waals surface area contributed by atoms with Gasteiger partial charge in [-0.3, -0.25) is 9.59 Å². The van der Waals surface area contributed by atoms with Crippen molar-refractivity contribution in [3.05, 3.63) is 18.2 Å². The van der Waals surface area contributed by atoms with Crippen LogP contribution in [0, 0.1) is 5.92 Å². The number of rotatable bonds is 6. The number of thioether (sulfide) groups is 1. The number of carbonyl (C=O) groups excluding carboxylic acids is 2. The van der Waals surface area contributed by atoms with E-state index in [1.54, 1.807) is 0 Å². The molecular weight excluding hydrogens is 398 g/mol. The molecule has 7 nitrogen and oxygen atoms in total. The Balaban J connectivity index is 1.33. The summed E-state index contributed by atoms with van der Waals surface area (Å²) in [5.74, 6) is 0.406. The van der Waals surface area contributed by atoms with E-state index < -0.39 is 0 Å². The summed E-state index contributed by atoms with van der Waals surface area (Å²) >= 11 is 2.97. The second kappa shape index (κ2) is 9.21. The molecule has 2 fully saturated rings. The first-order valence-electron chi connectivity index (χ1n) is 9.46. The topological polar surface area (TPSA) is 89.6 Å². The highest BCUT2D eigenvalue weighted by Gasteiger charge is 2.22. The third kappa shape index (κ3) is 5.02. The molecule has 28 heavy (non-hydrogen) atoms. The average molecular weight is 422 g/mol. The van der Waals surface area contributed by atoms with Crippen molar-refractivity contribution in [3.8, 4) is 0 Å². The summed E-state index contributed by atoms with van der Waals surface area (Å²) < 4.78 is 12.4. The van der Waals surface area contributed by atoms with Crippen LogP contribution in [0.5, 0.6) is 0 Å². The number of benzene rings is 1. The Morgan fingerprint density at radius 1 is 1.18 bits per heavy atom. The third-order valence-corrected chi connectivity index (χ3v) is 7.01. The highest BCUT2D eigenvalue weighted by Crippen LogP contribution is 2.31. The van der Waals surface area contributed by atoms with Gasteiger partial charge in [0, 0.05) is 31.4 Å².